The van der Waals surface area contributed by atoms with E-state index in [4.69, 9.17) is 9.40 Å². The van der Waals surface area contributed by atoms with Gasteiger partial charge in [0.2, 0.25) is 5.89 Å². The normalized spacial score (nSPS) is 11.5. The predicted octanol–water partition coefficient (Wildman–Crippen LogP) is 13.3. The van der Waals surface area contributed by atoms with Gasteiger partial charge in [-0.25, -0.2) is 4.98 Å². The van der Waals surface area contributed by atoms with Crippen molar-refractivity contribution < 1.29 is 4.42 Å². The van der Waals surface area contributed by atoms with Crippen molar-refractivity contribution >= 4 is 32.9 Å². The summed E-state index contributed by atoms with van der Waals surface area (Å²) in [5.41, 5.74) is 15.7. The predicted molar refractivity (Wildman–Crippen MR) is 216 cm³/mol. The Morgan fingerprint density at radius 2 is 0.904 bits per heavy atom. The van der Waals surface area contributed by atoms with Crippen molar-refractivity contribution in [2.45, 2.75) is 0 Å². The van der Waals surface area contributed by atoms with Crippen LogP contribution >= 0.6 is 0 Å². The van der Waals surface area contributed by atoms with Crippen LogP contribution in [0.2, 0.25) is 0 Å². The summed E-state index contributed by atoms with van der Waals surface area (Å²) in [5.74, 6) is 0.632. The number of benzene rings is 8. The molecular formula is C49H32N2O. The molecule has 52 heavy (non-hydrogen) atoms. The minimum absolute atomic E-state index is 0.632. The minimum Gasteiger partial charge on any atom is -0.436 e. The second-order valence-corrected chi connectivity index (χ2v) is 13.2. The van der Waals surface area contributed by atoms with Gasteiger partial charge in [-0.05, 0) is 99.1 Å². The van der Waals surface area contributed by atoms with Gasteiger partial charge in [0, 0.05) is 22.0 Å². The van der Waals surface area contributed by atoms with E-state index in [1.54, 1.807) is 0 Å². The third-order valence-corrected chi connectivity index (χ3v) is 10.1. The molecule has 2 aromatic heterocycles. The van der Waals surface area contributed by atoms with E-state index in [2.05, 4.69) is 174 Å². The SMILES string of the molecule is c1ccc(-c2ccc(-n3c4ccccc4c4cc(-c5ccccc5-c5ccccc5-c5ccc(-c6nc7ccccc7o6)cc5)ccc43)cc2)cc1. The van der Waals surface area contributed by atoms with Gasteiger partial charge >= 0.3 is 0 Å². The van der Waals surface area contributed by atoms with E-state index >= 15 is 0 Å². The first-order valence-corrected chi connectivity index (χ1v) is 17.6. The molecule has 244 valence electrons. The van der Waals surface area contributed by atoms with Gasteiger partial charge in [0.15, 0.2) is 5.58 Å². The van der Waals surface area contributed by atoms with Crippen LogP contribution in [0.15, 0.2) is 199 Å². The van der Waals surface area contributed by atoms with Crippen LogP contribution in [0, 0.1) is 0 Å². The van der Waals surface area contributed by atoms with Crippen molar-refractivity contribution in [1.29, 1.82) is 0 Å². The van der Waals surface area contributed by atoms with Crippen molar-refractivity contribution in [2.75, 3.05) is 0 Å². The standard InChI is InChI=1S/C49H32N2O/c1-2-12-33(13-3-1)34-26-29-38(30-27-34)51-46-20-10-8-18-43(46)44-32-37(28-31-47(44)51)40-15-5-7-17-42(40)41-16-6-4-14-39(41)35-22-24-36(25-23-35)49-50-45-19-9-11-21-48(45)52-49/h1-32H. The molecule has 0 unspecified atom stereocenters. The van der Waals surface area contributed by atoms with Crippen LogP contribution in [0.5, 0.6) is 0 Å². The Labute approximate surface area is 301 Å². The van der Waals surface area contributed by atoms with E-state index in [-0.39, 0.29) is 0 Å². The van der Waals surface area contributed by atoms with Crippen LogP contribution in [0.4, 0.5) is 0 Å². The highest BCUT2D eigenvalue weighted by atomic mass is 16.3. The lowest BCUT2D eigenvalue weighted by molar-refractivity contribution is 0.620. The first-order valence-electron chi connectivity index (χ1n) is 17.6. The Bertz CT molecular complexity index is 2850. The molecule has 0 atom stereocenters. The molecule has 0 bridgehead atoms. The van der Waals surface area contributed by atoms with Crippen LogP contribution in [-0.4, -0.2) is 9.55 Å². The maximum atomic E-state index is 6.05. The first-order chi connectivity index (χ1) is 25.8. The summed E-state index contributed by atoms with van der Waals surface area (Å²) in [6.07, 6.45) is 0. The number of nitrogens with zero attached hydrogens (tertiary/aromatic N) is 2. The Hall–Kier alpha value is -6.97. The molecule has 8 aromatic carbocycles. The maximum Gasteiger partial charge on any atom is 0.227 e. The highest BCUT2D eigenvalue weighted by Crippen LogP contribution is 2.41. The second kappa shape index (κ2) is 12.4. The van der Waals surface area contributed by atoms with Crippen molar-refractivity contribution in [1.82, 2.24) is 9.55 Å². The molecule has 0 N–H and O–H groups in total. The second-order valence-electron chi connectivity index (χ2n) is 13.2. The minimum atomic E-state index is 0.632. The Morgan fingerprint density at radius 3 is 1.65 bits per heavy atom. The van der Waals surface area contributed by atoms with Crippen LogP contribution < -0.4 is 0 Å². The first kappa shape index (κ1) is 29.9. The lowest BCUT2D eigenvalue weighted by Gasteiger charge is -2.15. The maximum absolute atomic E-state index is 6.05. The molecule has 0 radical (unpaired) electrons. The van der Waals surface area contributed by atoms with Gasteiger partial charge < -0.3 is 8.98 Å². The smallest absolute Gasteiger partial charge is 0.227 e. The molecule has 0 aliphatic heterocycles. The zero-order valence-electron chi connectivity index (χ0n) is 28.3. The summed E-state index contributed by atoms with van der Waals surface area (Å²) < 4.78 is 8.43. The van der Waals surface area contributed by atoms with Gasteiger partial charge in [0.25, 0.3) is 0 Å². The number of oxazole rings is 1. The molecule has 0 aliphatic carbocycles. The van der Waals surface area contributed by atoms with Gasteiger partial charge in [-0.3, -0.25) is 0 Å². The number of rotatable bonds is 6. The lowest BCUT2D eigenvalue weighted by atomic mass is 9.89. The number of para-hydroxylation sites is 3. The fourth-order valence-corrected chi connectivity index (χ4v) is 7.58. The molecule has 0 saturated carbocycles. The molecule has 0 fully saturated rings. The van der Waals surface area contributed by atoms with Crippen LogP contribution in [0.3, 0.4) is 0 Å². The highest BCUT2D eigenvalue weighted by molar-refractivity contribution is 6.11. The van der Waals surface area contributed by atoms with E-state index < -0.39 is 0 Å². The van der Waals surface area contributed by atoms with Crippen LogP contribution in [-0.2, 0) is 0 Å². The third-order valence-electron chi connectivity index (χ3n) is 10.1. The van der Waals surface area contributed by atoms with Gasteiger partial charge in [-0.1, -0.05) is 140 Å². The Morgan fingerprint density at radius 1 is 0.365 bits per heavy atom. The molecular weight excluding hydrogens is 633 g/mol. The molecule has 0 aliphatic rings. The topological polar surface area (TPSA) is 31.0 Å². The summed E-state index contributed by atoms with van der Waals surface area (Å²) in [5, 5.41) is 2.47. The number of fused-ring (bicyclic) bond motifs is 4. The Kier molecular flexibility index (Phi) is 7.14. The highest BCUT2D eigenvalue weighted by Gasteiger charge is 2.17. The van der Waals surface area contributed by atoms with Gasteiger partial charge in [-0.2, -0.15) is 0 Å². The fraction of sp³-hybridized carbons (Fsp3) is 0. The number of aromatic nitrogens is 2. The zero-order chi connectivity index (χ0) is 34.4. The van der Waals surface area contributed by atoms with E-state index in [1.165, 1.54) is 60.8 Å². The lowest BCUT2D eigenvalue weighted by Crippen LogP contribution is -1.94. The summed E-state index contributed by atoms with van der Waals surface area (Å²) in [7, 11) is 0. The van der Waals surface area contributed by atoms with Crippen molar-refractivity contribution in [3.05, 3.63) is 194 Å². The number of hydrogen-bond acceptors (Lipinski definition) is 2. The van der Waals surface area contributed by atoms with E-state index in [9.17, 15) is 0 Å². The molecule has 3 heteroatoms. The van der Waals surface area contributed by atoms with Crippen molar-refractivity contribution in [3.63, 3.8) is 0 Å². The number of hydrogen-bond donors (Lipinski definition) is 0. The summed E-state index contributed by atoms with van der Waals surface area (Å²) in [6, 6.07) is 68.9. The average Bonchev–Trinajstić information content (AvgIpc) is 3.81. The quantitative estimate of drug-likeness (QED) is 0.177. The van der Waals surface area contributed by atoms with E-state index in [1.807, 2.05) is 24.3 Å². The average molecular weight is 665 g/mol. The van der Waals surface area contributed by atoms with Gasteiger partial charge in [0.05, 0.1) is 11.0 Å². The molecule has 0 amide bonds. The van der Waals surface area contributed by atoms with Gasteiger partial charge in [0.1, 0.15) is 5.52 Å². The van der Waals surface area contributed by atoms with E-state index in [0.717, 1.165) is 27.9 Å². The van der Waals surface area contributed by atoms with E-state index in [0.29, 0.717) is 5.89 Å². The largest absolute Gasteiger partial charge is 0.436 e. The monoisotopic (exact) mass is 664 g/mol. The van der Waals surface area contributed by atoms with Crippen molar-refractivity contribution in [2.24, 2.45) is 0 Å². The van der Waals surface area contributed by atoms with Crippen LogP contribution in [0.1, 0.15) is 0 Å². The summed E-state index contributed by atoms with van der Waals surface area (Å²) >= 11 is 0. The molecule has 0 saturated heterocycles. The third kappa shape index (κ3) is 5.10. The molecule has 3 nitrogen and oxygen atoms in total. The molecule has 0 spiro atoms. The van der Waals surface area contributed by atoms with Gasteiger partial charge in [-0.15, -0.1) is 0 Å². The summed E-state index contributed by atoms with van der Waals surface area (Å²) in [4.78, 5) is 4.70. The molecule has 10 rings (SSSR count). The zero-order valence-corrected chi connectivity index (χ0v) is 28.3. The fourth-order valence-electron chi connectivity index (χ4n) is 7.58. The molecule has 10 aromatic rings. The van der Waals surface area contributed by atoms with Crippen molar-refractivity contribution in [3.8, 4) is 61.6 Å². The Balaban J connectivity index is 1.05. The van der Waals surface area contributed by atoms with Crippen LogP contribution in [0.25, 0.3) is 94.6 Å². The molecule has 2 heterocycles. The summed E-state index contributed by atoms with van der Waals surface area (Å²) in [6.45, 7) is 0.